The van der Waals surface area contributed by atoms with E-state index in [4.69, 9.17) is 16.7 Å². The highest BCUT2D eigenvalue weighted by Crippen LogP contribution is 2.34. The lowest BCUT2D eigenvalue weighted by Crippen LogP contribution is -2.43. The molecule has 20 heavy (non-hydrogen) atoms. The maximum absolute atomic E-state index is 11.1. The van der Waals surface area contributed by atoms with Crippen LogP contribution in [0.2, 0.25) is 5.02 Å². The molecule has 0 bridgehead atoms. The third-order valence-electron chi connectivity index (χ3n) is 3.51. The van der Waals surface area contributed by atoms with Crippen LogP contribution in [0, 0.1) is 16.0 Å². The predicted molar refractivity (Wildman–Crippen MR) is 73.1 cm³/mol. The molecular formula is C12H14ClN3O4. The number of rotatable bonds is 3. The number of anilines is 1. The van der Waals surface area contributed by atoms with E-state index in [1.54, 1.807) is 4.90 Å². The van der Waals surface area contributed by atoms with Crippen LogP contribution in [0.3, 0.4) is 0 Å². The Morgan fingerprint density at radius 1 is 1.65 bits per heavy atom. The van der Waals surface area contributed by atoms with Crippen LogP contribution in [0.4, 0.5) is 11.5 Å². The van der Waals surface area contributed by atoms with Crippen molar-refractivity contribution in [2.75, 3.05) is 11.4 Å². The first kappa shape index (κ1) is 14.5. The number of halogens is 1. The summed E-state index contributed by atoms with van der Waals surface area (Å²) in [5.74, 6) is -0.988. The molecule has 8 heteroatoms. The highest BCUT2D eigenvalue weighted by molar-refractivity contribution is 6.30. The molecule has 108 valence electrons. The molecule has 1 saturated heterocycles. The fourth-order valence-corrected chi connectivity index (χ4v) is 2.64. The molecule has 0 spiro atoms. The van der Waals surface area contributed by atoms with E-state index in [0.717, 1.165) is 0 Å². The van der Waals surface area contributed by atoms with Gasteiger partial charge in [0.2, 0.25) is 5.82 Å². The number of carboxylic acid groups (broad SMARTS) is 1. The first-order chi connectivity index (χ1) is 9.40. The first-order valence-electron chi connectivity index (χ1n) is 6.19. The summed E-state index contributed by atoms with van der Waals surface area (Å²) >= 11 is 5.74. The average molecular weight is 300 g/mol. The van der Waals surface area contributed by atoms with Crippen molar-refractivity contribution in [2.45, 2.75) is 25.8 Å². The molecule has 1 aromatic heterocycles. The summed E-state index contributed by atoms with van der Waals surface area (Å²) in [6, 6.07) is 1.14. The van der Waals surface area contributed by atoms with Gasteiger partial charge in [-0.3, -0.25) is 14.9 Å². The van der Waals surface area contributed by atoms with Crippen molar-refractivity contribution in [3.8, 4) is 0 Å². The van der Waals surface area contributed by atoms with Gasteiger partial charge in [-0.15, -0.1) is 0 Å². The molecule has 2 atom stereocenters. The molecule has 1 aromatic rings. The van der Waals surface area contributed by atoms with Gasteiger partial charge >= 0.3 is 11.7 Å². The van der Waals surface area contributed by atoms with Gasteiger partial charge in [0.05, 0.1) is 15.9 Å². The number of aliphatic carboxylic acids is 1. The number of piperidine rings is 1. The smallest absolute Gasteiger partial charge is 0.313 e. The van der Waals surface area contributed by atoms with Gasteiger partial charge < -0.3 is 10.0 Å². The van der Waals surface area contributed by atoms with Gasteiger partial charge in [0, 0.05) is 24.8 Å². The standard InChI is InChI=1S/C12H14ClN3O4/c1-7-4-8(12(17)18)2-3-15(7)11-10(16(19)20)5-9(13)6-14-11/h5-8H,2-4H2,1H3,(H,17,18). The van der Waals surface area contributed by atoms with Crippen molar-refractivity contribution in [3.05, 3.63) is 27.4 Å². The maximum atomic E-state index is 11.1. The number of nitro groups is 1. The second-order valence-corrected chi connectivity index (χ2v) is 5.29. The van der Waals surface area contributed by atoms with E-state index in [1.165, 1.54) is 12.3 Å². The van der Waals surface area contributed by atoms with Crippen LogP contribution >= 0.6 is 11.6 Å². The summed E-state index contributed by atoms with van der Waals surface area (Å²) < 4.78 is 0. The largest absolute Gasteiger partial charge is 0.481 e. The fraction of sp³-hybridized carbons (Fsp3) is 0.500. The second-order valence-electron chi connectivity index (χ2n) is 4.86. The molecule has 1 fully saturated rings. The van der Waals surface area contributed by atoms with Crippen molar-refractivity contribution < 1.29 is 14.8 Å². The molecule has 2 heterocycles. The molecule has 0 aromatic carbocycles. The summed E-state index contributed by atoms with van der Waals surface area (Å²) in [6.45, 7) is 2.27. The number of hydrogen-bond acceptors (Lipinski definition) is 5. The molecule has 2 rings (SSSR count). The number of aromatic nitrogens is 1. The minimum absolute atomic E-state index is 0.128. The van der Waals surface area contributed by atoms with Gasteiger partial charge in [0.1, 0.15) is 0 Å². The molecule has 1 aliphatic rings. The lowest BCUT2D eigenvalue weighted by molar-refractivity contribution is -0.384. The molecule has 7 nitrogen and oxygen atoms in total. The van der Waals surface area contributed by atoms with Crippen LogP contribution in [0.25, 0.3) is 0 Å². The third-order valence-corrected chi connectivity index (χ3v) is 3.71. The maximum Gasteiger partial charge on any atom is 0.313 e. The molecule has 1 N–H and O–H groups in total. The summed E-state index contributed by atoms with van der Waals surface area (Å²) in [7, 11) is 0. The Kier molecular flexibility index (Phi) is 4.08. The number of hydrogen-bond donors (Lipinski definition) is 1. The van der Waals surface area contributed by atoms with E-state index in [9.17, 15) is 14.9 Å². The quantitative estimate of drug-likeness (QED) is 0.679. The van der Waals surface area contributed by atoms with Crippen molar-refractivity contribution >= 4 is 29.1 Å². The second kappa shape index (κ2) is 5.62. The summed E-state index contributed by atoms with van der Waals surface area (Å²) in [5, 5.41) is 20.3. The summed E-state index contributed by atoms with van der Waals surface area (Å²) in [6.07, 6.45) is 2.25. The Labute approximate surface area is 120 Å². The zero-order chi connectivity index (χ0) is 14.9. The van der Waals surface area contributed by atoms with Crippen LogP contribution in [0.5, 0.6) is 0 Å². The molecule has 2 unspecified atom stereocenters. The number of pyridine rings is 1. The third kappa shape index (κ3) is 2.82. The normalized spacial score (nSPS) is 22.6. The van der Waals surface area contributed by atoms with E-state index in [1.807, 2.05) is 6.92 Å². The van der Waals surface area contributed by atoms with Crippen molar-refractivity contribution in [1.82, 2.24) is 4.98 Å². The Morgan fingerprint density at radius 3 is 2.90 bits per heavy atom. The lowest BCUT2D eigenvalue weighted by Gasteiger charge is -2.36. The Bertz CT molecular complexity index is 552. The molecular weight excluding hydrogens is 286 g/mol. The van der Waals surface area contributed by atoms with Gasteiger partial charge in [0.25, 0.3) is 0 Å². The summed E-state index contributed by atoms with van der Waals surface area (Å²) in [4.78, 5) is 27.4. The van der Waals surface area contributed by atoms with Gasteiger partial charge in [0.15, 0.2) is 0 Å². The number of carbonyl (C=O) groups is 1. The molecule has 1 aliphatic heterocycles. The van der Waals surface area contributed by atoms with Crippen LogP contribution in [-0.2, 0) is 4.79 Å². The highest BCUT2D eigenvalue weighted by Gasteiger charge is 2.33. The summed E-state index contributed by atoms with van der Waals surface area (Å²) in [5.41, 5.74) is -0.155. The van der Waals surface area contributed by atoms with Gasteiger partial charge in [-0.1, -0.05) is 11.6 Å². The van der Waals surface area contributed by atoms with E-state index >= 15 is 0 Å². The minimum atomic E-state index is -0.824. The Balaban J connectivity index is 2.29. The highest BCUT2D eigenvalue weighted by atomic mass is 35.5. The van der Waals surface area contributed by atoms with E-state index in [-0.39, 0.29) is 22.6 Å². The molecule has 0 aliphatic carbocycles. The Morgan fingerprint density at radius 2 is 2.35 bits per heavy atom. The van der Waals surface area contributed by atoms with Crippen LogP contribution in [-0.4, -0.2) is 33.6 Å². The SMILES string of the molecule is CC1CC(C(=O)O)CCN1c1ncc(Cl)cc1[N+](=O)[O-]. The number of carboxylic acids is 1. The predicted octanol–water partition coefficient (Wildman–Crippen LogP) is 2.33. The van der Waals surface area contributed by atoms with Crippen LogP contribution < -0.4 is 4.90 Å². The van der Waals surface area contributed by atoms with Crippen LogP contribution in [0.1, 0.15) is 19.8 Å². The molecule has 0 radical (unpaired) electrons. The first-order valence-corrected chi connectivity index (χ1v) is 6.57. The minimum Gasteiger partial charge on any atom is -0.481 e. The van der Waals surface area contributed by atoms with Crippen LogP contribution in [0.15, 0.2) is 12.3 Å². The molecule has 0 saturated carbocycles. The number of nitrogens with zero attached hydrogens (tertiary/aromatic N) is 3. The van der Waals surface area contributed by atoms with Gasteiger partial charge in [-0.2, -0.15) is 0 Å². The lowest BCUT2D eigenvalue weighted by atomic mass is 9.91. The Hall–Kier alpha value is -1.89. The van der Waals surface area contributed by atoms with Crippen molar-refractivity contribution in [2.24, 2.45) is 5.92 Å². The van der Waals surface area contributed by atoms with E-state index in [0.29, 0.717) is 19.4 Å². The van der Waals surface area contributed by atoms with Crippen molar-refractivity contribution in [3.63, 3.8) is 0 Å². The zero-order valence-electron chi connectivity index (χ0n) is 10.8. The average Bonchev–Trinajstić information content (AvgIpc) is 2.38. The van der Waals surface area contributed by atoms with E-state index in [2.05, 4.69) is 4.98 Å². The van der Waals surface area contributed by atoms with E-state index < -0.39 is 16.8 Å². The molecule has 0 amide bonds. The van der Waals surface area contributed by atoms with Gasteiger partial charge in [-0.25, -0.2) is 4.98 Å². The van der Waals surface area contributed by atoms with Crippen molar-refractivity contribution in [1.29, 1.82) is 0 Å². The monoisotopic (exact) mass is 299 g/mol. The zero-order valence-corrected chi connectivity index (χ0v) is 11.6. The van der Waals surface area contributed by atoms with Gasteiger partial charge in [-0.05, 0) is 19.8 Å². The topological polar surface area (TPSA) is 96.6 Å². The fourth-order valence-electron chi connectivity index (χ4n) is 2.49.